The van der Waals surface area contributed by atoms with Gasteiger partial charge in [-0.05, 0) is 12.1 Å². The molecular formula is C17H26Cl2FN3O2S. The molecule has 2 aliphatic rings. The third-order valence-electron chi connectivity index (χ3n) is 4.53. The van der Waals surface area contributed by atoms with Crippen LogP contribution >= 0.6 is 36.6 Å². The second kappa shape index (κ2) is 11.1. The van der Waals surface area contributed by atoms with Crippen molar-refractivity contribution in [2.24, 2.45) is 0 Å². The van der Waals surface area contributed by atoms with Crippen molar-refractivity contribution in [1.82, 2.24) is 10.2 Å². The van der Waals surface area contributed by atoms with Crippen molar-refractivity contribution in [2.45, 2.75) is 12.5 Å². The summed E-state index contributed by atoms with van der Waals surface area (Å²) in [5, 5.41) is 3.41. The van der Waals surface area contributed by atoms with Crippen LogP contribution < -0.4 is 15.0 Å². The summed E-state index contributed by atoms with van der Waals surface area (Å²) in [4.78, 5) is 16.5. The van der Waals surface area contributed by atoms with E-state index in [1.807, 2.05) is 16.7 Å². The zero-order valence-electron chi connectivity index (χ0n) is 14.8. The van der Waals surface area contributed by atoms with Gasteiger partial charge in [-0.15, -0.1) is 24.8 Å². The first-order valence-electron chi connectivity index (χ1n) is 8.35. The molecule has 2 saturated heterocycles. The summed E-state index contributed by atoms with van der Waals surface area (Å²) < 4.78 is 18.6. The zero-order valence-corrected chi connectivity index (χ0v) is 17.2. The van der Waals surface area contributed by atoms with E-state index in [4.69, 9.17) is 4.74 Å². The highest BCUT2D eigenvalue weighted by molar-refractivity contribution is 7.99. The Labute approximate surface area is 170 Å². The van der Waals surface area contributed by atoms with Crippen LogP contribution in [0.15, 0.2) is 18.2 Å². The van der Waals surface area contributed by atoms with Gasteiger partial charge in [-0.1, -0.05) is 0 Å². The molecule has 0 aromatic heterocycles. The second-order valence-electron chi connectivity index (χ2n) is 6.11. The molecule has 0 bridgehead atoms. The number of methoxy groups -OCH3 is 1. The van der Waals surface area contributed by atoms with Crippen molar-refractivity contribution < 1.29 is 13.9 Å². The Hall–Kier alpha value is -0.890. The minimum absolute atomic E-state index is 0. The molecule has 2 heterocycles. The molecule has 0 aliphatic carbocycles. The molecule has 2 fully saturated rings. The lowest BCUT2D eigenvalue weighted by atomic mass is 10.1. The SMILES string of the molecule is COc1cc(F)ccc1N1CCN(C(=O)CC2CSCCN2)CC1.Cl.Cl. The number of amides is 1. The van der Waals surface area contributed by atoms with E-state index in [9.17, 15) is 9.18 Å². The van der Waals surface area contributed by atoms with Crippen molar-refractivity contribution in [1.29, 1.82) is 0 Å². The van der Waals surface area contributed by atoms with Crippen molar-refractivity contribution in [3.8, 4) is 5.75 Å². The standard InChI is InChI=1S/C17H24FN3O2S.2ClH/c1-23-16-10-13(18)2-3-15(16)20-5-7-21(8-6-20)17(22)11-14-12-24-9-4-19-14;;/h2-3,10,14,19H,4-9,11-12H2,1H3;2*1H. The van der Waals surface area contributed by atoms with Crippen molar-refractivity contribution in [3.63, 3.8) is 0 Å². The van der Waals surface area contributed by atoms with Crippen LogP contribution in [0.4, 0.5) is 10.1 Å². The van der Waals surface area contributed by atoms with Gasteiger partial charge in [0, 0.05) is 62.8 Å². The maximum Gasteiger partial charge on any atom is 0.224 e. The molecule has 1 atom stereocenters. The van der Waals surface area contributed by atoms with Crippen molar-refractivity contribution in [3.05, 3.63) is 24.0 Å². The van der Waals surface area contributed by atoms with E-state index in [1.165, 1.54) is 12.1 Å². The van der Waals surface area contributed by atoms with Gasteiger partial charge < -0.3 is 19.9 Å². The van der Waals surface area contributed by atoms with Crippen LogP contribution in [0.25, 0.3) is 0 Å². The third-order valence-corrected chi connectivity index (χ3v) is 5.67. The minimum Gasteiger partial charge on any atom is -0.494 e. The van der Waals surface area contributed by atoms with Gasteiger partial charge in [-0.3, -0.25) is 4.79 Å². The van der Waals surface area contributed by atoms with Crippen LogP contribution in [0.5, 0.6) is 5.75 Å². The van der Waals surface area contributed by atoms with Gasteiger partial charge in [0.1, 0.15) is 11.6 Å². The number of nitrogens with zero attached hydrogens (tertiary/aromatic N) is 2. The Morgan fingerprint density at radius 3 is 2.65 bits per heavy atom. The van der Waals surface area contributed by atoms with Crippen LogP contribution in [0.3, 0.4) is 0 Å². The molecular weight excluding hydrogens is 400 g/mol. The van der Waals surface area contributed by atoms with Gasteiger partial charge in [0.25, 0.3) is 0 Å². The number of hydrogen-bond donors (Lipinski definition) is 1. The fourth-order valence-corrected chi connectivity index (χ4v) is 4.15. The molecule has 26 heavy (non-hydrogen) atoms. The van der Waals surface area contributed by atoms with Gasteiger partial charge in [-0.2, -0.15) is 11.8 Å². The van der Waals surface area contributed by atoms with Gasteiger partial charge in [0.15, 0.2) is 0 Å². The number of hydrogen-bond acceptors (Lipinski definition) is 5. The highest BCUT2D eigenvalue weighted by atomic mass is 35.5. The summed E-state index contributed by atoms with van der Waals surface area (Å²) in [7, 11) is 1.55. The molecule has 1 N–H and O–H groups in total. The molecule has 0 saturated carbocycles. The van der Waals surface area contributed by atoms with Gasteiger partial charge in [-0.25, -0.2) is 4.39 Å². The number of thioether (sulfide) groups is 1. The topological polar surface area (TPSA) is 44.8 Å². The zero-order chi connectivity index (χ0) is 16.9. The number of ether oxygens (including phenoxy) is 1. The number of carbonyl (C=O) groups is 1. The lowest BCUT2D eigenvalue weighted by molar-refractivity contribution is -0.131. The normalized spacial score (nSPS) is 20.0. The fourth-order valence-electron chi connectivity index (χ4n) is 3.20. The van der Waals surface area contributed by atoms with E-state index in [1.54, 1.807) is 13.2 Å². The summed E-state index contributed by atoms with van der Waals surface area (Å²) in [6.07, 6.45) is 0.576. The number of piperazine rings is 1. The number of nitrogens with one attached hydrogen (secondary N) is 1. The highest BCUT2D eigenvalue weighted by Crippen LogP contribution is 2.29. The molecule has 2 aliphatic heterocycles. The van der Waals surface area contributed by atoms with E-state index in [0.29, 0.717) is 31.3 Å². The quantitative estimate of drug-likeness (QED) is 0.802. The van der Waals surface area contributed by atoms with Crippen LogP contribution in [0.1, 0.15) is 6.42 Å². The first kappa shape index (κ1) is 23.1. The maximum absolute atomic E-state index is 13.3. The van der Waals surface area contributed by atoms with Gasteiger partial charge >= 0.3 is 0 Å². The third kappa shape index (κ3) is 5.81. The lowest BCUT2D eigenvalue weighted by Gasteiger charge is -2.37. The average molecular weight is 426 g/mol. The largest absolute Gasteiger partial charge is 0.494 e. The molecule has 0 radical (unpaired) electrons. The number of benzene rings is 1. The monoisotopic (exact) mass is 425 g/mol. The highest BCUT2D eigenvalue weighted by Gasteiger charge is 2.25. The van der Waals surface area contributed by atoms with Crippen LogP contribution in [-0.2, 0) is 4.79 Å². The molecule has 1 unspecified atom stereocenters. The second-order valence-corrected chi connectivity index (χ2v) is 7.26. The summed E-state index contributed by atoms with van der Waals surface area (Å²) in [5.74, 6) is 2.60. The Morgan fingerprint density at radius 2 is 2.04 bits per heavy atom. The number of rotatable bonds is 4. The van der Waals surface area contributed by atoms with E-state index >= 15 is 0 Å². The summed E-state index contributed by atoms with van der Waals surface area (Å²) >= 11 is 1.91. The molecule has 5 nitrogen and oxygen atoms in total. The Morgan fingerprint density at radius 1 is 1.31 bits per heavy atom. The first-order chi connectivity index (χ1) is 11.7. The minimum atomic E-state index is -0.303. The molecule has 1 amide bonds. The predicted molar refractivity (Wildman–Crippen MR) is 110 cm³/mol. The van der Waals surface area contributed by atoms with Gasteiger partial charge in [0.05, 0.1) is 12.8 Å². The van der Waals surface area contributed by atoms with E-state index in [2.05, 4.69) is 10.2 Å². The molecule has 1 aromatic rings. The average Bonchev–Trinajstić information content (AvgIpc) is 2.62. The maximum atomic E-state index is 13.3. The predicted octanol–water partition coefficient (Wildman–Crippen LogP) is 2.42. The molecule has 1 aromatic carbocycles. The summed E-state index contributed by atoms with van der Waals surface area (Å²) in [5.41, 5.74) is 0.886. The Bertz CT molecular complexity index is 583. The Balaban J connectivity index is 0.00000169. The number of halogens is 3. The summed E-state index contributed by atoms with van der Waals surface area (Å²) in [6, 6.07) is 4.89. The lowest BCUT2D eigenvalue weighted by Crippen LogP contribution is -2.50. The van der Waals surface area contributed by atoms with Crippen LogP contribution in [-0.4, -0.2) is 68.2 Å². The summed E-state index contributed by atoms with van der Waals surface area (Å²) in [6.45, 7) is 3.85. The van der Waals surface area contributed by atoms with Crippen molar-refractivity contribution in [2.75, 3.05) is 56.2 Å². The van der Waals surface area contributed by atoms with E-state index in [-0.39, 0.29) is 36.5 Å². The molecule has 3 rings (SSSR count). The molecule has 9 heteroatoms. The molecule has 0 spiro atoms. The van der Waals surface area contributed by atoms with Crippen LogP contribution in [0, 0.1) is 5.82 Å². The number of anilines is 1. The first-order valence-corrected chi connectivity index (χ1v) is 9.50. The molecule has 148 valence electrons. The van der Waals surface area contributed by atoms with E-state index in [0.717, 1.165) is 36.8 Å². The van der Waals surface area contributed by atoms with E-state index < -0.39 is 0 Å². The van der Waals surface area contributed by atoms with Crippen LogP contribution in [0.2, 0.25) is 0 Å². The van der Waals surface area contributed by atoms with Gasteiger partial charge in [0.2, 0.25) is 5.91 Å². The Kier molecular flexibility index (Phi) is 9.85. The number of carbonyl (C=O) groups excluding carboxylic acids is 1. The fraction of sp³-hybridized carbons (Fsp3) is 0.588. The smallest absolute Gasteiger partial charge is 0.224 e. The van der Waals surface area contributed by atoms with Crippen molar-refractivity contribution >= 4 is 48.2 Å².